The van der Waals surface area contributed by atoms with E-state index in [0.717, 1.165) is 0 Å². The summed E-state index contributed by atoms with van der Waals surface area (Å²) in [7, 11) is 5.52. The molecule has 0 rings (SSSR count). The SMILES string of the molecule is COCCC(O)CN(C)C. The van der Waals surface area contributed by atoms with Gasteiger partial charge >= 0.3 is 0 Å². The van der Waals surface area contributed by atoms with Crippen LogP contribution in [0.3, 0.4) is 0 Å². The summed E-state index contributed by atoms with van der Waals surface area (Å²) in [5.74, 6) is 0. The van der Waals surface area contributed by atoms with E-state index in [1.807, 2.05) is 19.0 Å². The summed E-state index contributed by atoms with van der Waals surface area (Å²) in [6, 6.07) is 0. The Hall–Kier alpha value is -0.120. The van der Waals surface area contributed by atoms with Crippen LogP contribution in [0.25, 0.3) is 0 Å². The van der Waals surface area contributed by atoms with Gasteiger partial charge in [-0.3, -0.25) is 0 Å². The Balaban J connectivity index is 3.16. The molecule has 0 aliphatic carbocycles. The smallest absolute Gasteiger partial charge is 0.0688 e. The van der Waals surface area contributed by atoms with E-state index in [9.17, 15) is 5.11 Å². The highest BCUT2D eigenvalue weighted by Crippen LogP contribution is 1.92. The van der Waals surface area contributed by atoms with Crippen molar-refractivity contribution >= 4 is 0 Å². The van der Waals surface area contributed by atoms with E-state index in [2.05, 4.69) is 0 Å². The molecular weight excluding hydrogens is 130 g/mol. The Labute approximate surface area is 62.6 Å². The van der Waals surface area contributed by atoms with Crippen molar-refractivity contribution in [3.8, 4) is 0 Å². The fourth-order valence-corrected chi connectivity index (χ4v) is 0.767. The maximum absolute atomic E-state index is 9.23. The molecule has 0 bridgehead atoms. The number of rotatable bonds is 5. The van der Waals surface area contributed by atoms with Gasteiger partial charge < -0.3 is 14.7 Å². The highest BCUT2D eigenvalue weighted by Gasteiger charge is 2.03. The van der Waals surface area contributed by atoms with Gasteiger partial charge in [0.05, 0.1) is 6.10 Å². The van der Waals surface area contributed by atoms with Crippen LogP contribution in [0.4, 0.5) is 0 Å². The second kappa shape index (κ2) is 5.65. The normalized spacial score (nSPS) is 14.1. The summed E-state index contributed by atoms with van der Waals surface area (Å²) in [5.41, 5.74) is 0. The van der Waals surface area contributed by atoms with Crippen LogP contribution in [0, 0.1) is 0 Å². The van der Waals surface area contributed by atoms with Gasteiger partial charge in [0.1, 0.15) is 0 Å². The predicted molar refractivity (Wildman–Crippen MR) is 41.1 cm³/mol. The Kier molecular flexibility index (Phi) is 5.58. The molecule has 3 heteroatoms. The quantitative estimate of drug-likeness (QED) is 0.591. The van der Waals surface area contributed by atoms with Gasteiger partial charge in [0, 0.05) is 20.3 Å². The minimum atomic E-state index is -0.255. The average molecular weight is 147 g/mol. The average Bonchev–Trinajstić information content (AvgIpc) is 1.82. The summed E-state index contributed by atoms with van der Waals surface area (Å²) in [6.07, 6.45) is 0.462. The van der Waals surface area contributed by atoms with Gasteiger partial charge in [0.25, 0.3) is 0 Å². The molecule has 0 saturated heterocycles. The van der Waals surface area contributed by atoms with E-state index in [1.165, 1.54) is 0 Å². The molecule has 0 amide bonds. The molecule has 0 heterocycles. The Morgan fingerprint density at radius 2 is 2.10 bits per heavy atom. The van der Waals surface area contributed by atoms with E-state index >= 15 is 0 Å². The molecule has 0 fully saturated rings. The maximum atomic E-state index is 9.23. The lowest BCUT2D eigenvalue weighted by Crippen LogP contribution is -2.26. The minimum absolute atomic E-state index is 0.255. The molecule has 1 atom stereocenters. The highest BCUT2D eigenvalue weighted by atomic mass is 16.5. The number of methoxy groups -OCH3 is 1. The van der Waals surface area contributed by atoms with Gasteiger partial charge in [0.15, 0.2) is 0 Å². The zero-order valence-electron chi connectivity index (χ0n) is 7.00. The third-order valence-corrected chi connectivity index (χ3v) is 1.23. The summed E-state index contributed by atoms with van der Waals surface area (Å²) in [6.45, 7) is 1.35. The molecule has 0 radical (unpaired) electrons. The predicted octanol–water partition coefficient (Wildman–Crippen LogP) is -0.0546. The topological polar surface area (TPSA) is 32.7 Å². The lowest BCUT2D eigenvalue weighted by molar-refractivity contribution is 0.0895. The fraction of sp³-hybridized carbons (Fsp3) is 1.00. The maximum Gasteiger partial charge on any atom is 0.0688 e. The molecule has 10 heavy (non-hydrogen) atoms. The zero-order chi connectivity index (χ0) is 7.98. The van der Waals surface area contributed by atoms with Crippen molar-refractivity contribution in [2.45, 2.75) is 12.5 Å². The van der Waals surface area contributed by atoms with Gasteiger partial charge in [0.2, 0.25) is 0 Å². The zero-order valence-corrected chi connectivity index (χ0v) is 7.00. The molecule has 0 aromatic carbocycles. The minimum Gasteiger partial charge on any atom is -0.392 e. The van der Waals surface area contributed by atoms with Crippen LogP contribution < -0.4 is 0 Å². The number of nitrogens with zero attached hydrogens (tertiary/aromatic N) is 1. The molecular formula is C7H17NO2. The van der Waals surface area contributed by atoms with Crippen molar-refractivity contribution in [1.29, 1.82) is 0 Å². The molecule has 3 nitrogen and oxygen atoms in total. The summed E-state index contributed by atoms with van der Waals surface area (Å²) in [4.78, 5) is 1.96. The second-order valence-electron chi connectivity index (χ2n) is 2.70. The number of likely N-dealkylation sites (N-methyl/N-ethyl adjacent to an activating group) is 1. The van der Waals surface area contributed by atoms with Crippen LogP contribution in [0.1, 0.15) is 6.42 Å². The molecule has 0 aromatic rings. The first-order valence-corrected chi connectivity index (χ1v) is 3.48. The van der Waals surface area contributed by atoms with Crippen molar-refractivity contribution in [2.75, 3.05) is 34.4 Å². The first-order valence-electron chi connectivity index (χ1n) is 3.48. The Morgan fingerprint density at radius 3 is 2.50 bits per heavy atom. The fourth-order valence-electron chi connectivity index (χ4n) is 0.767. The van der Waals surface area contributed by atoms with Crippen molar-refractivity contribution in [3.05, 3.63) is 0 Å². The van der Waals surface area contributed by atoms with Crippen LogP contribution in [0.15, 0.2) is 0 Å². The highest BCUT2D eigenvalue weighted by molar-refractivity contribution is 4.57. The first-order chi connectivity index (χ1) is 4.66. The van der Waals surface area contributed by atoms with Crippen LogP contribution in [0.2, 0.25) is 0 Å². The number of hydrogen-bond donors (Lipinski definition) is 1. The number of aliphatic hydroxyl groups excluding tert-OH is 1. The van der Waals surface area contributed by atoms with Gasteiger partial charge in [-0.05, 0) is 20.5 Å². The van der Waals surface area contributed by atoms with Crippen molar-refractivity contribution in [1.82, 2.24) is 4.90 Å². The van der Waals surface area contributed by atoms with Gasteiger partial charge in [-0.1, -0.05) is 0 Å². The molecule has 0 aliphatic rings. The van der Waals surface area contributed by atoms with Gasteiger partial charge in [-0.2, -0.15) is 0 Å². The summed E-state index contributed by atoms with van der Waals surface area (Å²) in [5, 5.41) is 9.23. The molecule has 62 valence electrons. The van der Waals surface area contributed by atoms with Gasteiger partial charge in [-0.15, -0.1) is 0 Å². The van der Waals surface area contributed by atoms with Crippen LogP contribution in [-0.4, -0.2) is 50.5 Å². The first kappa shape index (κ1) is 9.88. The van der Waals surface area contributed by atoms with E-state index in [4.69, 9.17) is 4.74 Å². The number of ether oxygens (including phenoxy) is 1. The molecule has 0 aromatic heterocycles. The third kappa shape index (κ3) is 6.01. The van der Waals surface area contributed by atoms with Crippen molar-refractivity contribution in [2.24, 2.45) is 0 Å². The molecule has 1 unspecified atom stereocenters. The van der Waals surface area contributed by atoms with E-state index in [1.54, 1.807) is 7.11 Å². The van der Waals surface area contributed by atoms with Crippen LogP contribution in [-0.2, 0) is 4.74 Å². The molecule has 0 spiro atoms. The second-order valence-corrected chi connectivity index (χ2v) is 2.70. The molecule has 1 N–H and O–H groups in total. The summed E-state index contributed by atoms with van der Waals surface area (Å²) < 4.78 is 4.82. The lowest BCUT2D eigenvalue weighted by atomic mass is 10.2. The van der Waals surface area contributed by atoms with E-state index < -0.39 is 0 Å². The standard InChI is InChI=1S/C7H17NO2/c1-8(2)6-7(9)4-5-10-3/h7,9H,4-6H2,1-3H3. The third-order valence-electron chi connectivity index (χ3n) is 1.23. The summed E-state index contributed by atoms with van der Waals surface area (Å²) >= 11 is 0. The van der Waals surface area contributed by atoms with Crippen LogP contribution in [0.5, 0.6) is 0 Å². The molecule has 0 aliphatic heterocycles. The Morgan fingerprint density at radius 1 is 1.50 bits per heavy atom. The van der Waals surface area contributed by atoms with E-state index in [-0.39, 0.29) is 6.10 Å². The Bertz CT molecular complexity index is 76.0. The van der Waals surface area contributed by atoms with Crippen LogP contribution >= 0.6 is 0 Å². The number of aliphatic hydroxyl groups is 1. The molecule has 0 saturated carbocycles. The lowest BCUT2D eigenvalue weighted by Gasteiger charge is -2.14. The van der Waals surface area contributed by atoms with Crippen molar-refractivity contribution < 1.29 is 9.84 Å². The van der Waals surface area contributed by atoms with E-state index in [0.29, 0.717) is 19.6 Å². The largest absolute Gasteiger partial charge is 0.392 e. The monoisotopic (exact) mass is 147 g/mol. The van der Waals surface area contributed by atoms with Crippen molar-refractivity contribution in [3.63, 3.8) is 0 Å². The van der Waals surface area contributed by atoms with Gasteiger partial charge in [-0.25, -0.2) is 0 Å². The number of hydrogen-bond acceptors (Lipinski definition) is 3.